The van der Waals surface area contributed by atoms with Crippen LogP contribution in [0.2, 0.25) is 0 Å². The van der Waals surface area contributed by atoms with Gasteiger partial charge in [-0.2, -0.15) is 5.10 Å². The quantitative estimate of drug-likeness (QED) is 0.792. The van der Waals surface area contributed by atoms with Gasteiger partial charge in [0.05, 0.1) is 11.4 Å². The predicted molar refractivity (Wildman–Crippen MR) is 73.1 cm³/mol. The highest BCUT2D eigenvalue weighted by Crippen LogP contribution is 2.20. The summed E-state index contributed by atoms with van der Waals surface area (Å²) >= 11 is 0. The van der Waals surface area contributed by atoms with Crippen molar-refractivity contribution in [1.29, 1.82) is 0 Å². The summed E-state index contributed by atoms with van der Waals surface area (Å²) in [7, 11) is 0. The molecule has 7 heteroatoms. The fourth-order valence-electron chi connectivity index (χ4n) is 2.06. The third-order valence-electron chi connectivity index (χ3n) is 2.97. The molecule has 2 rings (SSSR count). The van der Waals surface area contributed by atoms with Gasteiger partial charge in [-0.3, -0.25) is 9.48 Å². The third kappa shape index (κ3) is 2.42. The summed E-state index contributed by atoms with van der Waals surface area (Å²) in [6, 6.07) is 1.67. The number of hydrogen-bond acceptors (Lipinski definition) is 3. The van der Waals surface area contributed by atoms with E-state index in [-0.39, 0.29) is 17.2 Å². The maximum absolute atomic E-state index is 12.2. The number of nitrogens with zero attached hydrogens (tertiary/aromatic N) is 2. The summed E-state index contributed by atoms with van der Waals surface area (Å²) in [5.74, 6) is -1.46. The minimum atomic E-state index is -1.08. The molecule has 0 saturated heterocycles. The van der Waals surface area contributed by atoms with Crippen molar-refractivity contribution in [2.45, 2.75) is 27.3 Å². The molecule has 0 spiro atoms. The molecule has 0 radical (unpaired) electrons. The molecule has 0 bridgehead atoms. The van der Waals surface area contributed by atoms with Gasteiger partial charge in [-0.25, -0.2) is 4.79 Å². The monoisotopic (exact) mass is 276 g/mol. The van der Waals surface area contributed by atoms with Crippen LogP contribution in [0.4, 0.5) is 5.69 Å². The van der Waals surface area contributed by atoms with Crippen LogP contribution in [-0.4, -0.2) is 31.7 Å². The summed E-state index contributed by atoms with van der Waals surface area (Å²) in [4.78, 5) is 26.2. The standard InChI is InChI=1S/C13H16N4O3/c1-4-17-10(5-7(2)16-17)12(18)15-9-6-14-8(3)11(9)13(19)20/h5-6,14H,4H2,1-3H3,(H,15,18)(H,19,20). The molecule has 20 heavy (non-hydrogen) atoms. The number of aromatic nitrogens is 3. The lowest BCUT2D eigenvalue weighted by Gasteiger charge is -2.06. The van der Waals surface area contributed by atoms with Crippen LogP contribution in [0.3, 0.4) is 0 Å². The highest BCUT2D eigenvalue weighted by molar-refractivity contribution is 6.07. The first-order valence-electron chi connectivity index (χ1n) is 6.21. The van der Waals surface area contributed by atoms with Crippen LogP contribution in [0.15, 0.2) is 12.3 Å². The van der Waals surface area contributed by atoms with E-state index < -0.39 is 5.97 Å². The van der Waals surface area contributed by atoms with E-state index in [1.165, 1.54) is 6.20 Å². The minimum Gasteiger partial charge on any atom is -0.478 e. The van der Waals surface area contributed by atoms with Crippen molar-refractivity contribution in [1.82, 2.24) is 14.8 Å². The summed E-state index contributed by atoms with van der Waals surface area (Å²) in [6.45, 7) is 5.88. The molecule has 0 aromatic carbocycles. The van der Waals surface area contributed by atoms with E-state index in [1.54, 1.807) is 24.6 Å². The van der Waals surface area contributed by atoms with Crippen molar-refractivity contribution >= 4 is 17.6 Å². The molecule has 0 aliphatic heterocycles. The molecular formula is C13H16N4O3. The molecule has 7 nitrogen and oxygen atoms in total. The maximum atomic E-state index is 12.2. The lowest BCUT2D eigenvalue weighted by Crippen LogP contribution is -2.18. The number of aromatic carboxylic acids is 1. The molecule has 1 amide bonds. The van der Waals surface area contributed by atoms with Crippen molar-refractivity contribution in [2.75, 3.05) is 5.32 Å². The molecule has 2 heterocycles. The van der Waals surface area contributed by atoms with E-state index >= 15 is 0 Å². The van der Waals surface area contributed by atoms with Gasteiger partial charge in [-0.15, -0.1) is 0 Å². The zero-order chi connectivity index (χ0) is 14.9. The Balaban J connectivity index is 2.30. The largest absolute Gasteiger partial charge is 0.478 e. The minimum absolute atomic E-state index is 0.0673. The summed E-state index contributed by atoms with van der Waals surface area (Å²) in [6.07, 6.45) is 1.47. The zero-order valence-electron chi connectivity index (χ0n) is 11.5. The van der Waals surface area contributed by atoms with Gasteiger partial charge in [-0.05, 0) is 26.8 Å². The second-order valence-corrected chi connectivity index (χ2v) is 4.45. The topological polar surface area (TPSA) is 100 Å². The van der Waals surface area contributed by atoms with Crippen molar-refractivity contribution in [3.63, 3.8) is 0 Å². The number of carbonyl (C=O) groups excluding carboxylic acids is 1. The Bertz CT molecular complexity index is 669. The average Bonchev–Trinajstić information content (AvgIpc) is 2.92. The smallest absolute Gasteiger partial charge is 0.339 e. The number of rotatable bonds is 4. The van der Waals surface area contributed by atoms with Crippen LogP contribution in [-0.2, 0) is 6.54 Å². The first-order valence-corrected chi connectivity index (χ1v) is 6.21. The van der Waals surface area contributed by atoms with Gasteiger partial charge in [0.15, 0.2) is 0 Å². The summed E-state index contributed by atoms with van der Waals surface area (Å²) in [5.41, 5.74) is 1.95. The van der Waals surface area contributed by atoms with Crippen LogP contribution in [0.1, 0.15) is 39.2 Å². The number of hydrogen-bond donors (Lipinski definition) is 3. The van der Waals surface area contributed by atoms with E-state index in [2.05, 4.69) is 15.4 Å². The molecule has 0 fully saturated rings. The van der Waals surface area contributed by atoms with Crippen LogP contribution in [0.5, 0.6) is 0 Å². The van der Waals surface area contributed by atoms with Crippen LogP contribution < -0.4 is 5.32 Å². The molecule has 2 aromatic heterocycles. The molecular weight excluding hydrogens is 260 g/mol. The van der Waals surface area contributed by atoms with E-state index in [9.17, 15) is 9.59 Å². The number of carboxylic acid groups (broad SMARTS) is 1. The van der Waals surface area contributed by atoms with Crippen LogP contribution >= 0.6 is 0 Å². The summed E-state index contributed by atoms with van der Waals surface area (Å²) < 4.78 is 1.57. The Kier molecular flexibility index (Phi) is 3.60. The number of carbonyl (C=O) groups is 2. The fourth-order valence-corrected chi connectivity index (χ4v) is 2.06. The first kappa shape index (κ1) is 13.9. The molecule has 2 aromatic rings. The SMILES string of the molecule is CCn1nc(C)cc1C(=O)Nc1c[nH]c(C)c1C(=O)O. The van der Waals surface area contributed by atoms with Crippen LogP contribution in [0, 0.1) is 13.8 Å². The number of nitrogens with one attached hydrogen (secondary N) is 2. The van der Waals surface area contributed by atoms with Gasteiger partial charge in [0.2, 0.25) is 0 Å². The third-order valence-corrected chi connectivity index (χ3v) is 2.97. The molecule has 0 saturated carbocycles. The first-order chi connectivity index (χ1) is 9.43. The van der Waals surface area contributed by atoms with Crippen molar-refractivity contribution in [2.24, 2.45) is 0 Å². The van der Waals surface area contributed by atoms with Gasteiger partial charge in [0, 0.05) is 18.4 Å². The van der Waals surface area contributed by atoms with E-state index in [0.29, 0.717) is 17.9 Å². The van der Waals surface area contributed by atoms with E-state index in [0.717, 1.165) is 5.69 Å². The normalized spacial score (nSPS) is 10.6. The number of carboxylic acids is 1. The molecule has 3 N–H and O–H groups in total. The fraction of sp³-hybridized carbons (Fsp3) is 0.308. The highest BCUT2D eigenvalue weighted by atomic mass is 16.4. The Hall–Kier alpha value is -2.57. The molecule has 0 aliphatic rings. The average molecular weight is 276 g/mol. The van der Waals surface area contributed by atoms with Crippen LogP contribution in [0.25, 0.3) is 0 Å². The van der Waals surface area contributed by atoms with Gasteiger partial charge in [0.25, 0.3) is 5.91 Å². The summed E-state index contributed by atoms with van der Waals surface area (Å²) in [5, 5.41) is 15.9. The van der Waals surface area contributed by atoms with E-state index in [1.807, 2.05) is 6.92 Å². The number of H-pyrrole nitrogens is 1. The van der Waals surface area contributed by atoms with E-state index in [4.69, 9.17) is 5.11 Å². The Labute approximate surface area is 115 Å². The number of aromatic amines is 1. The predicted octanol–water partition coefficient (Wildman–Crippen LogP) is 1.80. The second kappa shape index (κ2) is 5.20. The molecule has 0 atom stereocenters. The number of aryl methyl sites for hydroxylation is 3. The van der Waals surface area contributed by atoms with Gasteiger partial charge >= 0.3 is 5.97 Å². The van der Waals surface area contributed by atoms with Gasteiger partial charge < -0.3 is 15.4 Å². The maximum Gasteiger partial charge on any atom is 0.339 e. The Morgan fingerprint density at radius 2 is 2.15 bits per heavy atom. The molecule has 0 unspecified atom stereocenters. The highest BCUT2D eigenvalue weighted by Gasteiger charge is 2.19. The Morgan fingerprint density at radius 1 is 1.45 bits per heavy atom. The number of anilines is 1. The number of amides is 1. The van der Waals surface area contributed by atoms with Gasteiger partial charge in [-0.1, -0.05) is 0 Å². The lowest BCUT2D eigenvalue weighted by atomic mass is 10.2. The zero-order valence-corrected chi connectivity index (χ0v) is 11.5. The molecule has 0 aliphatic carbocycles. The second-order valence-electron chi connectivity index (χ2n) is 4.45. The van der Waals surface area contributed by atoms with Gasteiger partial charge in [0.1, 0.15) is 11.3 Å². The Morgan fingerprint density at radius 3 is 2.75 bits per heavy atom. The molecule has 106 valence electrons. The van der Waals surface area contributed by atoms with Crippen molar-refractivity contribution in [3.8, 4) is 0 Å². The van der Waals surface area contributed by atoms with Crippen molar-refractivity contribution in [3.05, 3.63) is 34.9 Å². The van der Waals surface area contributed by atoms with Crippen molar-refractivity contribution < 1.29 is 14.7 Å². The lowest BCUT2D eigenvalue weighted by molar-refractivity contribution is 0.0697.